The Morgan fingerprint density at radius 1 is 0.860 bits per heavy atom. The average Bonchev–Trinajstić information content (AvgIpc) is 2.93. The zero-order valence-corrected chi connectivity index (χ0v) is 24.8. The highest BCUT2D eigenvalue weighted by Gasteiger charge is 2.39. The smallest absolute Gasteiger partial charge is 0.378 e. The first kappa shape index (κ1) is 32.8. The fourth-order valence-corrected chi connectivity index (χ4v) is 5.61. The summed E-state index contributed by atoms with van der Waals surface area (Å²) in [5.41, 5.74) is -0.579. The molecule has 2 heterocycles. The largest absolute Gasteiger partial charge is 0.416 e. The van der Waals surface area contributed by atoms with Crippen molar-refractivity contribution in [3.8, 4) is 11.8 Å². The normalized spacial score (nSPS) is 22.3. The van der Waals surface area contributed by atoms with E-state index in [0.717, 1.165) is 16.7 Å². The summed E-state index contributed by atoms with van der Waals surface area (Å²) in [4.78, 5) is 19.4. The SMILES string of the molecule is Cc1ccc(C[C@@H]2CN(CC#CCN3[C@@H](C)COC[C@@H]3C)CCN2C(=O)c2cc(C(F)(F)F)cc(C(F)(F)F)c2)cc1C. The first-order valence-electron chi connectivity index (χ1n) is 14.3. The minimum absolute atomic E-state index is 0.0400. The van der Waals surface area contributed by atoms with Crippen molar-refractivity contribution in [2.24, 2.45) is 0 Å². The molecule has 0 N–H and O–H groups in total. The summed E-state index contributed by atoms with van der Waals surface area (Å²) < 4.78 is 86.7. The molecule has 5 nitrogen and oxygen atoms in total. The second-order valence-corrected chi connectivity index (χ2v) is 11.6. The van der Waals surface area contributed by atoms with Crippen molar-refractivity contribution in [3.63, 3.8) is 0 Å². The van der Waals surface area contributed by atoms with Gasteiger partial charge in [0, 0.05) is 43.3 Å². The van der Waals surface area contributed by atoms with Crippen LogP contribution in [0.3, 0.4) is 0 Å². The summed E-state index contributed by atoms with van der Waals surface area (Å²) in [5.74, 6) is 5.58. The van der Waals surface area contributed by atoms with Crippen molar-refractivity contribution in [2.75, 3.05) is 45.9 Å². The molecule has 0 spiro atoms. The maximum Gasteiger partial charge on any atom is 0.416 e. The van der Waals surface area contributed by atoms with E-state index in [1.807, 2.05) is 32.0 Å². The monoisotopic (exact) mass is 609 g/mol. The van der Waals surface area contributed by atoms with Crippen LogP contribution in [0.1, 0.15) is 52.0 Å². The maximum absolute atomic E-state index is 13.6. The van der Waals surface area contributed by atoms with E-state index < -0.39 is 41.0 Å². The van der Waals surface area contributed by atoms with Gasteiger partial charge in [0.05, 0.1) is 37.4 Å². The van der Waals surface area contributed by atoms with Crippen LogP contribution in [0.25, 0.3) is 0 Å². The van der Waals surface area contributed by atoms with Gasteiger partial charge in [0.25, 0.3) is 5.91 Å². The van der Waals surface area contributed by atoms with Crippen LogP contribution in [0.4, 0.5) is 26.3 Å². The molecule has 1 amide bonds. The topological polar surface area (TPSA) is 36.0 Å². The number of piperazine rings is 1. The Morgan fingerprint density at radius 3 is 2.05 bits per heavy atom. The second kappa shape index (κ2) is 13.3. The van der Waals surface area contributed by atoms with Crippen molar-refractivity contribution >= 4 is 5.91 Å². The third kappa shape index (κ3) is 8.31. The molecule has 0 saturated carbocycles. The highest BCUT2D eigenvalue weighted by Crippen LogP contribution is 2.37. The number of carbonyl (C=O) groups excluding carboxylic acids is 1. The summed E-state index contributed by atoms with van der Waals surface area (Å²) >= 11 is 0. The number of hydrogen-bond donors (Lipinski definition) is 0. The lowest BCUT2D eigenvalue weighted by atomic mass is 9.97. The highest BCUT2D eigenvalue weighted by molar-refractivity contribution is 5.95. The van der Waals surface area contributed by atoms with Crippen LogP contribution in [0.2, 0.25) is 0 Å². The zero-order chi connectivity index (χ0) is 31.5. The lowest BCUT2D eigenvalue weighted by molar-refractivity contribution is -0.143. The maximum atomic E-state index is 13.6. The number of carbonyl (C=O) groups is 1. The fourth-order valence-electron chi connectivity index (χ4n) is 5.61. The highest BCUT2D eigenvalue weighted by atomic mass is 19.4. The van der Waals surface area contributed by atoms with E-state index in [-0.39, 0.29) is 24.7 Å². The Labute approximate surface area is 248 Å². The van der Waals surface area contributed by atoms with Gasteiger partial charge in [-0.25, -0.2) is 0 Å². The molecule has 4 rings (SSSR count). The van der Waals surface area contributed by atoms with Crippen molar-refractivity contribution in [3.05, 3.63) is 69.8 Å². The number of amides is 1. The molecule has 0 aromatic heterocycles. The quantitative estimate of drug-likeness (QED) is 0.316. The van der Waals surface area contributed by atoms with E-state index in [2.05, 4.69) is 35.5 Å². The number of halogens is 6. The van der Waals surface area contributed by atoms with Gasteiger partial charge in [-0.1, -0.05) is 30.0 Å². The Bertz CT molecular complexity index is 1320. The standard InChI is InChI=1S/C32H37F6N3O2/c1-21-7-8-25(13-22(21)2)14-29-18-39(9-5-6-10-40-23(3)19-43-20-24(40)4)11-12-41(29)30(42)26-15-27(31(33,34)35)17-28(16-26)32(36,37)38/h7-8,13,15-17,23-24,29H,9-12,14,18-20H2,1-4H3/t23-,24-,29+/m0/s1. The van der Waals surface area contributed by atoms with Crippen LogP contribution in [-0.4, -0.2) is 84.7 Å². The number of aryl methyl sites for hydroxylation is 2. The number of rotatable bonds is 5. The summed E-state index contributed by atoms with van der Waals surface area (Å²) in [7, 11) is 0. The molecule has 11 heteroatoms. The molecule has 0 aliphatic carbocycles. The van der Waals surface area contributed by atoms with Gasteiger partial charge in [-0.2, -0.15) is 26.3 Å². The predicted molar refractivity (Wildman–Crippen MR) is 152 cm³/mol. The second-order valence-electron chi connectivity index (χ2n) is 11.6. The van der Waals surface area contributed by atoms with E-state index >= 15 is 0 Å². The third-order valence-corrected chi connectivity index (χ3v) is 8.24. The number of ether oxygens (including phenoxy) is 1. The summed E-state index contributed by atoms with van der Waals surface area (Å²) in [6, 6.07) is 6.97. The first-order chi connectivity index (χ1) is 20.1. The van der Waals surface area contributed by atoms with Crippen LogP contribution in [0, 0.1) is 25.7 Å². The van der Waals surface area contributed by atoms with Gasteiger partial charge in [-0.3, -0.25) is 14.6 Å². The molecule has 43 heavy (non-hydrogen) atoms. The Kier molecular flexibility index (Phi) is 10.1. The van der Waals surface area contributed by atoms with Crippen LogP contribution in [-0.2, 0) is 23.5 Å². The van der Waals surface area contributed by atoms with Gasteiger partial charge in [-0.05, 0) is 69.0 Å². The molecule has 2 fully saturated rings. The minimum atomic E-state index is -5.04. The molecule has 2 aromatic rings. The summed E-state index contributed by atoms with van der Waals surface area (Å²) in [6.07, 6.45) is -9.68. The summed E-state index contributed by atoms with van der Waals surface area (Å²) in [6.45, 7) is 11.3. The number of nitrogens with zero attached hydrogens (tertiary/aromatic N) is 3. The number of morpholine rings is 1. The molecular formula is C32H37F6N3O2. The van der Waals surface area contributed by atoms with Crippen molar-refractivity contribution in [1.82, 2.24) is 14.7 Å². The van der Waals surface area contributed by atoms with E-state index in [1.54, 1.807) is 0 Å². The van der Waals surface area contributed by atoms with E-state index in [9.17, 15) is 31.1 Å². The Morgan fingerprint density at radius 2 is 1.47 bits per heavy atom. The Hall–Kier alpha value is -3.07. The molecule has 2 aliphatic heterocycles. The fraction of sp³-hybridized carbons (Fsp3) is 0.531. The zero-order valence-electron chi connectivity index (χ0n) is 24.8. The van der Waals surface area contributed by atoms with Gasteiger partial charge in [-0.15, -0.1) is 0 Å². The molecule has 2 saturated heterocycles. The van der Waals surface area contributed by atoms with Crippen molar-refractivity contribution < 1.29 is 35.9 Å². The van der Waals surface area contributed by atoms with Crippen LogP contribution in [0.5, 0.6) is 0 Å². The first-order valence-corrected chi connectivity index (χ1v) is 14.3. The lowest BCUT2D eigenvalue weighted by Crippen LogP contribution is -2.56. The Balaban J connectivity index is 1.56. The molecule has 0 bridgehead atoms. The molecule has 0 radical (unpaired) electrons. The van der Waals surface area contributed by atoms with Gasteiger partial charge in [0.2, 0.25) is 0 Å². The minimum Gasteiger partial charge on any atom is -0.378 e. The molecule has 2 aromatic carbocycles. The number of alkyl halides is 6. The molecule has 234 valence electrons. The molecule has 3 atom stereocenters. The van der Waals surface area contributed by atoms with Crippen LogP contribution >= 0.6 is 0 Å². The van der Waals surface area contributed by atoms with Crippen molar-refractivity contribution in [2.45, 2.75) is 64.6 Å². The molecular weight excluding hydrogens is 572 g/mol. The molecule has 0 unspecified atom stereocenters. The van der Waals surface area contributed by atoms with Crippen LogP contribution < -0.4 is 0 Å². The average molecular weight is 610 g/mol. The van der Waals surface area contributed by atoms with Gasteiger partial charge in [0.1, 0.15) is 0 Å². The summed E-state index contributed by atoms with van der Waals surface area (Å²) in [5, 5.41) is 0. The van der Waals surface area contributed by atoms with E-state index in [1.165, 1.54) is 4.90 Å². The van der Waals surface area contributed by atoms with Crippen LogP contribution in [0.15, 0.2) is 36.4 Å². The number of hydrogen-bond acceptors (Lipinski definition) is 4. The van der Waals surface area contributed by atoms with Gasteiger partial charge < -0.3 is 9.64 Å². The van der Waals surface area contributed by atoms with E-state index in [4.69, 9.17) is 4.74 Å². The van der Waals surface area contributed by atoms with Gasteiger partial charge >= 0.3 is 12.4 Å². The lowest BCUT2D eigenvalue weighted by Gasteiger charge is -2.41. The molecule has 2 aliphatic rings. The third-order valence-electron chi connectivity index (χ3n) is 8.24. The predicted octanol–water partition coefficient (Wildman–Crippen LogP) is 5.82. The van der Waals surface area contributed by atoms with E-state index in [0.29, 0.717) is 57.9 Å². The van der Waals surface area contributed by atoms with Crippen molar-refractivity contribution in [1.29, 1.82) is 0 Å². The number of benzene rings is 2. The van der Waals surface area contributed by atoms with Gasteiger partial charge in [0.15, 0.2) is 0 Å².